The molecule has 1 amide bonds. The fourth-order valence-corrected chi connectivity index (χ4v) is 3.20. The molecular formula is C20H17ClF2N2O3. The van der Waals surface area contributed by atoms with E-state index in [1.807, 2.05) is 0 Å². The normalized spacial score (nSPS) is 13.3. The third kappa shape index (κ3) is 3.71. The Morgan fingerprint density at radius 3 is 2.54 bits per heavy atom. The van der Waals surface area contributed by atoms with Crippen molar-refractivity contribution in [3.05, 3.63) is 74.5 Å². The Morgan fingerprint density at radius 2 is 1.86 bits per heavy atom. The number of halogens is 3. The van der Waals surface area contributed by atoms with E-state index in [9.17, 15) is 23.5 Å². The fraction of sp³-hybridized carbons (Fsp3) is 0.200. The molecule has 2 aromatic carbocycles. The van der Waals surface area contributed by atoms with Gasteiger partial charge in [-0.25, -0.2) is 8.78 Å². The topological polar surface area (TPSA) is 82.2 Å². The van der Waals surface area contributed by atoms with Crippen LogP contribution in [0.3, 0.4) is 0 Å². The molecule has 2 atom stereocenters. The van der Waals surface area contributed by atoms with Crippen LogP contribution in [0.1, 0.15) is 36.9 Å². The lowest BCUT2D eigenvalue weighted by atomic mass is 9.98. The van der Waals surface area contributed by atoms with Crippen molar-refractivity contribution < 1.29 is 18.7 Å². The molecule has 0 aliphatic heterocycles. The van der Waals surface area contributed by atoms with Crippen molar-refractivity contribution in [3.8, 4) is 5.75 Å². The van der Waals surface area contributed by atoms with E-state index in [-0.39, 0.29) is 21.9 Å². The molecule has 0 bridgehead atoms. The van der Waals surface area contributed by atoms with Crippen LogP contribution in [0.25, 0.3) is 10.9 Å². The number of phenols is 1. The SMILES string of the molecule is C[C@H](NC(=O)[C@@H](C)c1cc2c(Cl)c(O)ccc2[nH]c1=O)c1ccc(F)cc1F. The van der Waals surface area contributed by atoms with Crippen LogP contribution in [-0.2, 0) is 4.79 Å². The lowest BCUT2D eigenvalue weighted by Crippen LogP contribution is -2.33. The maximum atomic E-state index is 13.9. The van der Waals surface area contributed by atoms with Gasteiger partial charge in [-0.2, -0.15) is 0 Å². The largest absolute Gasteiger partial charge is 0.506 e. The average molecular weight is 407 g/mol. The number of aromatic hydroxyl groups is 1. The molecule has 0 spiro atoms. The van der Waals surface area contributed by atoms with Crippen molar-refractivity contribution in [3.63, 3.8) is 0 Å². The molecule has 28 heavy (non-hydrogen) atoms. The number of fused-ring (bicyclic) bond motifs is 1. The van der Waals surface area contributed by atoms with Gasteiger partial charge in [0.25, 0.3) is 5.56 Å². The number of aromatic amines is 1. The number of carbonyl (C=O) groups is 1. The molecule has 3 rings (SSSR count). The predicted octanol–water partition coefficient (Wildman–Crippen LogP) is 4.15. The summed E-state index contributed by atoms with van der Waals surface area (Å²) in [6, 6.07) is 6.68. The molecule has 1 aromatic heterocycles. The first-order chi connectivity index (χ1) is 13.2. The van der Waals surface area contributed by atoms with Crippen molar-refractivity contribution in [2.24, 2.45) is 0 Å². The van der Waals surface area contributed by atoms with Crippen molar-refractivity contribution in [2.45, 2.75) is 25.8 Å². The molecule has 0 aliphatic rings. The molecule has 0 saturated carbocycles. The molecular weight excluding hydrogens is 390 g/mol. The molecule has 0 fully saturated rings. The Kier molecular flexibility index (Phi) is 5.38. The van der Waals surface area contributed by atoms with Crippen LogP contribution in [0.5, 0.6) is 5.75 Å². The lowest BCUT2D eigenvalue weighted by molar-refractivity contribution is -0.122. The molecule has 3 N–H and O–H groups in total. The summed E-state index contributed by atoms with van der Waals surface area (Å²) in [7, 11) is 0. The third-order valence-corrected chi connectivity index (χ3v) is 5.01. The molecule has 0 saturated heterocycles. The Hall–Kier alpha value is -2.93. The van der Waals surface area contributed by atoms with Gasteiger partial charge in [0, 0.05) is 22.6 Å². The monoisotopic (exact) mass is 406 g/mol. The standard InChI is InChI=1S/C20H17ClF2N2O3/c1-9(19(27)24-10(2)12-4-3-11(22)7-15(12)23)13-8-14-16(25-20(13)28)5-6-17(26)18(14)21/h3-10,26H,1-2H3,(H,24,27)(H,25,28)/t9-,10-/m0/s1. The van der Waals surface area contributed by atoms with Gasteiger partial charge in [-0.1, -0.05) is 17.7 Å². The van der Waals surface area contributed by atoms with Gasteiger partial charge in [-0.05, 0) is 38.1 Å². The van der Waals surface area contributed by atoms with E-state index in [1.54, 1.807) is 6.92 Å². The van der Waals surface area contributed by atoms with Gasteiger partial charge >= 0.3 is 0 Å². The fourth-order valence-electron chi connectivity index (χ4n) is 2.98. The second-order valence-electron chi connectivity index (χ2n) is 6.53. The van der Waals surface area contributed by atoms with Gasteiger partial charge in [-0.15, -0.1) is 0 Å². The van der Waals surface area contributed by atoms with Crippen LogP contribution in [0.15, 0.2) is 41.2 Å². The first-order valence-electron chi connectivity index (χ1n) is 8.48. The number of nitrogens with one attached hydrogen (secondary N) is 2. The average Bonchev–Trinajstić information content (AvgIpc) is 2.63. The molecule has 0 unspecified atom stereocenters. The van der Waals surface area contributed by atoms with Crippen LogP contribution < -0.4 is 10.9 Å². The zero-order chi connectivity index (χ0) is 20.6. The van der Waals surface area contributed by atoms with Crippen LogP contribution in [0.4, 0.5) is 8.78 Å². The van der Waals surface area contributed by atoms with Crippen LogP contribution in [0, 0.1) is 11.6 Å². The Bertz CT molecular complexity index is 1130. The maximum Gasteiger partial charge on any atom is 0.252 e. The van der Waals surface area contributed by atoms with Crippen molar-refractivity contribution in [1.29, 1.82) is 0 Å². The van der Waals surface area contributed by atoms with Crippen LogP contribution in [0.2, 0.25) is 5.02 Å². The Labute approximate surface area is 164 Å². The van der Waals surface area contributed by atoms with E-state index in [2.05, 4.69) is 10.3 Å². The zero-order valence-corrected chi connectivity index (χ0v) is 15.8. The highest BCUT2D eigenvalue weighted by Crippen LogP contribution is 2.31. The number of hydrogen-bond donors (Lipinski definition) is 3. The number of carbonyl (C=O) groups excluding carboxylic acids is 1. The van der Waals surface area contributed by atoms with E-state index in [4.69, 9.17) is 11.6 Å². The number of rotatable bonds is 4. The first kappa shape index (κ1) is 19.8. The number of H-pyrrole nitrogens is 1. The number of aromatic nitrogens is 1. The summed E-state index contributed by atoms with van der Waals surface area (Å²) in [5, 5.41) is 12.8. The Balaban J connectivity index is 1.89. The first-order valence-corrected chi connectivity index (χ1v) is 8.86. The second-order valence-corrected chi connectivity index (χ2v) is 6.91. The van der Waals surface area contributed by atoms with Gasteiger partial charge in [-0.3, -0.25) is 9.59 Å². The number of phenolic OH excluding ortho intramolecular Hbond substituents is 1. The Morgan fingerprint density at radius 1 is 1.14 bits per heavy atom. The van der Waals surface area contributed by atoms with Crippen molar-refractivity contribution in [2.75, 3.05) is 0 Å². The molecule has 1 heterocycles. The van der Waals surface area contributed by atoms with E-state index >= 15 is 0 Å². The molecule has 3 aromatic rings. The molecule has 5 nitrogen and oxygen atoms in total. The molecule has 146 valence electrons. The smallest absolute Gasteiger partial charge is 0.252 e. The highest BCUT2D eigenvalue weighted by Gasteiger charge is 2.23. The number of benzene rings is 2. The quantitative estimate of drug-likeness (QED) is 0.608. The van der Waals surface area contributed by atoms with Crippen molar-refractivity contribution >= 4 is 28.4 Å². The molecule has 0 radical (unpaired) electrons. The summed E-state index contributed by atoms with van der Waals surface area (Å²) in [4.78, 5) is 27.6. The summed E-state index contributed by atoms with van der Waals surface area (Å²) in [6.07, 6.45) is 0. The summed E-state index contributed by atoms with van der Waals surface area (Å²) < 4.78 is 27.0. The third-order valence-electron chi connectivity index (χ3n) is 4.62. The second kappa shape index (κ2) is 7.59. The highest BCUT2D eigenvalue weighted by atomic mass is 35.5. The predicted molar refractivity (Wildman–Crippen MR) is 103 cm³/mol. The number of hydrogen-bond acceptors (Lipinski definition) is 3. The van der Waals surface area contributed by atoms with Gasteiger partial charge in [0.2, 0.25) is 5.91 Å². The van der Waals surface area contributed by atoms with Gasteiger partial charge < -0.3 is 15.4 Å². The summed E-state index contributed by atoms with van der Waals surface area (Å²) in [5.41, 5.74) is 0.218. The van der Waals surface area contributed by atoms with Gasteiger partial charge in [0.05, 0.1) is 22.5 Å². The highest BCUT2D eigenvalue weighted by molar-refractivity contribution is 6.36. The van der Waals surface area contributed by atoms with E-state index in [0.717, 1.165) is 12.1 Å². The number of amides is 1. The summed E-state index contributed by atoms with van der Waals surface area (Å²) >= 11 is 6.08. The minimum atomic E-state index is -0.877. The minimum Gasteiger partial charge on any atom is -0.506 e. The van der Waals surface area contributed by atoms with E-state index < -0.39 is 35.1 Å². The van der Waals surface area contributed by atoms with Crippen LogP contribution >= 0.6 is 11.6 Å². The lowest BCUT2D eigenvalue weighted by Gasteiger charge is -2.19. The van der Waals surface area contributed by atoms with E-state index in [1.165, 1.54) is 31.2 Å². The summed E-state index contributed by atoms with van der Waals surface area (Å²) in [6.45, 7) is 3.08. The zero-order valence-electron chi connectivity index (χ0n) is 15.0. The molecule has 8 heteroatoms. The van der Waals surface area contributed by atoms with Gasteiger partial charge in [0.15, 0.2) is 0 Å². The summed E-state index contributed by atoms with van der Waals surface area (Å²) in [5.74, 6) is -3.03. The number of pyridine rings is 1. The molecule has 0 aliphatic carbocycles. The minimum absolute atomic E-state index is 0.0596. The van der Waals surface area contributed by atoms with Gasteiger partial charge in [0.1, 0.15) is 17.4 Å². The van der Waals surface area contributed by atoms with Crippen LogP contribution in [-0.4, -0.2) is 16.0 Å². The maximum absolute atomic E-state index is 13.9. The van der Waals surface area contributed by atoms with E-state index in [0.29, 0.717) is 10.9 Å². The van der Waals surface area contributed by atoms with Crippen molar-refractivity contribution in [1.82, 2.24) is 10.3 Å².